The van der Waals surface area contributed by atoms with Crippen molar-refractivity contribution in [2.75, 3.05) is 7.11 Å². The van der Waals surface area contributed by atoms with E-state index in [1.165, 1.54) is 6.92 Å². The molecule has 2 heterocycles. The molecule has 4 aromatic rings. The van der Waals surface area contributed by atoms with E-state index in [1.807, 2.05) is 64.1 Å². The third-order valence-corrected chi connectivity index (χ3v) is 5.89. The maximum absolute atomic E-state index is 11.1. The Morgan fingerprint density at radius 2 is 1.97 bits per heavy atom. The Labute approximate surface area is 196 Å². The fraction of sp³-hybridized carbons (Fsp3) is 0.240. The number of aromatic nitrogens is 5. The van der Waals surface area contributed by atoms with Crippen LogP contribution in [-0.4, -0.2) is 37.9 Å². The number of nitriles is 1. The molecule has 0 aliphatic heterocycles. The Balaban J connectivity index is 1.53. The van der Waals surface area contributed by atoms with Crippen LogP contribution in [0.5, 0.6) is 5.75 Å². The fourth-order valence-electron chi connectivity index (χ4n) is 4.30. The average Bonchev–Trinajstić information content (AvgIpc) is 3.57. The minimum Gasteiger partial charge on any atom is -0.494 e. The van der Waals surface area contributed by atoms with Gasteiger partial charge in [-0.05, 0) is 30.7 Å². The molecule has 0 unspecified atom stereocenters. The van der Waals surface area contributed by atoms with E-state index in [9.17, 15) is 10.1 Å². The normalized spacial score (nSPS) is 14.4. The lowest BCUT2D eigenvalue weighted by atomic mass is 10.0. The van der Waals surface area contributed by atoms with Gasteiger partial charge in [0, 0.05) is 24.5 Å². The number of benzene rings is 2. The van der Waals surface area contributed by atoms with Crippen molar-refractivity contribution in [3.63, 3.8) is 0 Å². The molecule has 0 saturated carbocycles. The lowest BCUT2D eigenvalue weighted by Gasteiger charge is -2.15. The van der Waals surface area contributed by atoms with Crippen molar-refractivity contribution in [3.8, 4) is 28.8 Å². The average molecular weight is 454 g/mol. The summed E-state index contributed by atoms with van der Waals surface area (Å²) in [6, 6.07) is 17.5. The van der Waals surface area contributed by atoms with E-state index in [2.05, 4.69) is 16.4 Å². The van der Waals surface area contributed by atoms with Crippen LogP contribution in [0.25, 0.3) is 16.9 Å². The number of esters is 1. The number of methoxy groups -OCH3 is 1. The summed E-state index contributed by atoms with van der Waals surface area (Å²) in [6.07, 6.45) is 3.22. The third kappa shape index (κ3) is 3.90. The monoisotopic (exact) mass is 454 g/mol. The highest BCUT2D eigenvalue weighted by Gasteiger charge is 2.32. The lowest BCUT2D eigenvalue weighted by molar-refractivity contribution is -0.142. The molecule has 0 N–H and O–H groups in total. The largest absolute Gasteiger partial charge is 0.494 e. The van der Waals surface area contributed by atoms with E-state index in [-0.39, 0.29) is 18.6 Å². The zero-order valence-electron chi connectivity index (χ0n) is 18.8. The number of ether oxygens (including phenoxy) is 2. The maximum Gasteiger partial charge on any atom is 0.303 e. The van der Waals surface area contributed by atoms with Crippen molar-refractivity contribution in [1.82, 2.24) is 24.8 Å². The van der Waals surface area contributed by atoms with Crippen molar-refractivity contribution in [2.45, 2.75) is 32.4 Å². The summed E-state index contributed by atoms with van der Waals surface area (Å²) in [4.78, 5) is 11.1. The van der Waals surface area contributed by atoms with Gasteiger partial charge < -0.3 is 9.47 Å². The minimum absolute atomic E-state index is 0.0560. The topological polar surface area (TPSA) is 108 Å². The van der Waals surface area contributed by atoms with Crippen LogP contribution in [0.1, 0.15) is 35.5 Å². The Kier molecular flexibility index (Phi) is 5.55. The van der Waals surface area contributed by atoms with Crippen LogP contribution in [0, 0.1) is 11.3 Å². The number of nitrogens with zero attached hydrogens (tertiary/aromatic N) is 6. The van der Waals surface area contributed by atoms with Crippen LogP contribution in [0.15, 0.2) is 54.7 Å². The van der Waals surface area contributed by atoms with Gasteiger partial charge >= 0.3 is 5.97 Å². The van der Waals surface area contributed by atoms with Gasteiger partial charge in [-0.15, -0.1) is 5.10 Å². The Morgan fingerprint density at radius 3 is 2.71 bits per heavy atom. The van der Waals surface area contributed by atoms with Crippen LogP contribution >= 0.6 is 0 Å². The first kappa shape index (κ1) is 21.4. The molecule has 1 aliphatic carbocycles. The number of carbonyl (C=O) groups is 1. The Hall–Kier alpha value is -4.45. The van der Waals surface area contributed by atoms with Gasteiger partial charge in [0.2, 0.25) is 0 Å². The molecule has 9 nitrogen and oxygen atoms in total. The Bertz CT molecular complexity index is 1400. The summed E-state index contributed by atoms with van der Waals surface area (Å²) in [6.45, 7) is 1.47. The zero-order chi connectivity index (χ0) is 23.7. The summed E-state index contributed by atoms with van der Waals surface area (Å²) >= 11 is 0. The van der Waals surface area contributed by atoms with E-state index in [0.717, 1.165) is 40.4 Å². The molecule has 0 bridgehead atoms. The van der Waals surface area contributed by atoms with Gasteiger partial charge in [0.15, 0.2) is 0 Å². The third-order valence-electron chi connectivity index (χ3n) is 5.89. The molecule has 9 heteroatoms. The van der Waals surface area contributed by atoms with Crippen molar-refractivity contribution in [1.29, 1.82) is 5.26 Å². The van der Waals surface area contributed by atoms with Crippen molar-refractivity contribution >= 4 is 5.97 Å². The van der Waals surface area contributed by atoms with Crippen LogP contribution in [0.3, 0.4) is 0 Å². The summed E-state index contributed by atoms with van der Waals surface area (Å²) in [5, 5.41) is 22.6. The van der Waals surface area contributed by atoms with E-state index < -0.39 is 0 Å². The van der Waals surface area contributed by atoms with Crippen LogP contribution in [0.4, 0.5) is 0 Å². The van der Waals surface area contributed by atoms with Gasteiger partial charge in [-0.1, -0.05) is 29.5 Å². The molecule has 0 fully saturated rings. The fourth-order valence-corrected chi connectivity index (χ4v) is 4.30. The molecule has 0 amide bonds. The second kappa shape index (κ2) is 8.83. The molecule has 34 heavy (non-hydrogen) atoms. The van der Waals surface area contributed by atoms with Gasteiger partial charge in [-0.3, -0.25) is 4.79 Å². The van der Waals surface area contributed by atoms with Gasteiger partial charge in [0.25, 0.3) is 0 Å². The highest BCUT2D eigenvalue weighted by atomic mass is 16.5. The molecular weight excluding hydrogens is 432 g/mol. The molecular formula is C25H22N6O3. The number of hydrogen-bond acceptors (Lipinski definition) is 7. The SMILES string of the molecule is COc1ccccc1-n1nc2c(c1-c1ccc(C#N)cc1)C[C@H](n1cc(COC(C)=O)nn1)C2. The van der Waals surface area contributed by atoms with Gasteiger partial charge in [0.05, 0.1) is 42.4 Å². The van der Waals surface area contributed by atoms with Crippen LogP contribution in [0.2, 0.25) is 0 Å². The highest BCUT2D eigenvalue weighted by molar-refractivity contribution is 5.70. The first-order chi connectivity index (χ1) is 16.6. The molecule has 2 aromatic heterocycles. The standard InChI is InChI=1S/C25H22N6O3/c1-16(32)34-15-19-14-30(29-27-19)20-11-21-22(12-20)28-31(23-5-3-4-6-24(23)33-2)25(21)18-9-7-17(13-26)8-10-18/h3-10,14,20H,11-12,15H2,1-2H3/t20-/m0/s1. The number of carbonyl (C=O) groups excluding carboxylic acids is 1. The predicted octanol–water partition coefficient (Wildman–Crippen LogP) is 3.41. The lowest BCUT2D eigenvalue weighted by Crippen LogP contribution is -2.12. The van der Waals surface area contributed by atoms with E-state index in [0.29, 0.717) is 17.7 Å². The second-order valence-corrected chi connectivity index (χ2v) is 8.08. The Morgan fingerprint density at radius 1 is 1.18 bits per heavy atom. The minimum atomic E-state index is -0.354. The first-order valence-electron chi connectivity index (χ1n) is 10.9. The molecule has 2 aromatic carbocycles. The summed E-state index contributed by atoms with van der Waals surface area (Å²) in [5.74, 6) is 0.370. The molecule has 1 aliphatic rings. The van der Waals surface area contributed by atoms with Crippen LogP contribution < -0.4 is 4.74 Å². The second-order valence-electron chi connectivity index (χ2n) is 8.08. The van der Waals surface area contributed by atoms with E-state index >= 15 is 0 Å². The molecule has 0 saturated heterocycles. The number of fused-ring (bicyclic) bond motifs is 1. The molecule has 170 valence electrons. The number of rotatable bonds is 6. The van der Waals surface area contributed by atoms with Gasteiger partial charge in [0.1, 0.15) is 23.7 Å². The van der Waals surface area contributed by atoms with E-state index in [4.69, 9.17) is 14.6 Å². The number of para-hydroxylation sites is 2. The summed E-state index contributed by atoms with van der Waals surface area (Å²) < 4.78 is 14.4. The molecule has 0 radical (unpaired) electrons. The van der Waals surface area contributed by atoms with E-state index in [1.54, 1.807) is 7.11 Å². The summed E-state index contributed by atoms with van der Waals surface area (Å²) in [5.41, 5.74) is 6.08. The quantitative estimate of drug-likeness (QED) is 0.411. The smallest absolute Gasteiger partial charge is 0.303 e. The van der Waals surface area contributed by atoms with Gasteiger partial charge in [-0.2, -0.15) is 10.4 Å². The number of hydrogen-bond donors (Lipinski definition) is 0. The highest BCUT2D eigenvalue weighted by Crippen LogP contribution is 2.39. The predicted molar refractivity (Wildman–Crippen MR) is 122 cm³/mol. The molecule has 5 rings (SSSR count). The van der Waals surface area contributed by atoms with Crippen molar-refractivity contribution in [3.05, 3.63) is 77.2 Å². The molecule has 1 atom stereocenters. The first-order valence-corrected chi connectivity index (χ1v) is 10.9. The van der Waals surface area contributed by atoms with Crippen molar-refractivity contribution < 1.29 is 14.3 Å². The van der Waals surface area contributed by atoms with Gasteiger partial charge in [-0.25, -0.2) is 9.36 Å². The maximum atomic E-state index is 11.1. The molecule has 0 spiro atoms. The zero-order valence-corrected chi connectivity index (χ0v) is 18.8. The van der Waals surface area contributed by atoms with Crippen molar-refractivity contribution in [2.24, 2.45) is 0 Å². The van der Waals surface area contributed by atoms with Crippen LogP contribution in [-0.2, 0) is 29.0 Å². The summed E-state index contributed by atoms with van der Waals surface area (Å²) in [7, 11) is 1.64.